The van der Waals surface area contributed by atoms with Gasteiger partial charge in [-0.3, -0.25) is 0 Å². The molecule has 3 aromatic rings. The van der Waals surface area contributed by atoms with E-state index in [0.29, 0.717) is 0 Å². The van der Waals surface area contributed by atoms with Crippen LogP contribution in [-0.4, -0.2) is 0 Å². The van der Waals surface area contributed by atoms with Crippen LogP contribution in [0, 0.1) is 5.92 Å². The van der Waals surface area contributed by atoms with Crippen LogP contribution < -0.4 is 0 Å². The summed E-state index contributed by atoms with van der Waals surface area (Å²) >= 11 is 0. The van der Waals surface area contributed by atoms with Gasteiger partial charge in [0.15, 0.2) is 0 Å². The molecule has 0 atom stereocenters. The Balaban J connectivity index is 1.31. The van der Waals surface area contributed by atoms with Gasteiger partial charge in [-0.15, -0.1) is 6.58 Å². The number of rotatable bonds is 9. The highest BCUT2D eigenvalue weighted by molar-refractivity contribution is 5.83. The summed E-state index contributed by atoms with van der Waals surface area (Å²) in [6, 6.07) is 23.5. The van der Waals surface area contributed by atoms with Crippen LogP contribution in [0.3, 0.4) is 0 Å². The van der Waals surface area contributed by atoms with Gasteiger partial charge in [0.25, 0.3) is 0 Å². The largest absolute Gasteiger partial charge is 0.103 e. The van der Waals surface area contributed by atoms with Crippen molar-refractivity contribution in [3.8, 4) is 0 Å². The molecule has 0 bridgehead atoms. The molecule has 0 aromatic heterocycles. The average Bonchev–Trinajstić information content (AvgIpc) is 2.82. The molecule has 0 heterocycles. The third kappa shape index (κ3) is 5.88. The number of hydrogen-bond donors (Lipinski definition) is 0. The van der Waals surface area contributed by atoms with Gasteiger partial charge < -0.3 is 0 Å². The number of benzene rings is 3. The van der Waals surface area contributed by atoms with Gasteiger partial charge in [0, 0.05) is 0 Å². The number of aryl methyl sites for hydroxylation is 3. The van der Waals surface area contributed by atoms with E-state index in [1.54, 1.807) is 5.56 Å². The first-order valence-electron chi connectivity index (χ1n) is 12.5. The Labute approximate surface area is 189 Å². The van der Waals surface area contributed by atoms with Crippen LogP contribution in [-0.2, 0) is 19.3 Å². The van der Waals surface area contributed by atoms with E-state index >= 15 is 0 Å². The minimum atomic E-state index is 0.770. The van der Waals surface area contributed by atoms with Crippen LogP contribution in [0.5, 0.6) is 0 Å². The maximum atomic E-state index is 3.87. The van der Waals surface area contributed by atoms with E-state index in [1.165, 1.54) is 78.8 Å². The average molecular weight is 411 g/mol. The summed E-state index contributed by atoms with van der Waals surface area (Å²) < 4.78 is 0. The normalized spacial score (nSPS) is 18.9. The highest BCUT2D eigenvalue weighted by Gasteiger charge is 2.21. The molecular formula is C31H38. The Morgan fingerprint density at radius 1 is 0.742 bits per heavy atom. The Morgan fingerprint density at radius 2 is 1.32 bits per heavy atom. The van der Waals surface area contributed by atoms with Gasteiger partial charge in [-0.05, 0) is 103 Å². The molecule has 1 saturated carbocycles. The highest BCUT2D eigenvalue weighted by atomic mass is 14.3. The fourth-order valence-electron chi connectivity index (χ4n) is 5.33. The zero-order valence-electron chi connectivity index (χ0n) is 19.3. The van der Waals surface area contributed by atoms with Crippen molar-refractivity contribution in [1.29, 1.82) is 0 Å². The van der Waals surface area contributed by atoms with Crippen molar-refractivity contribution < 1.29 is 0 Å². The Morgan fingerprint density at radius 3 is 1.94 bits per heavy atom. The molecule has 0 heteroatoms. The molecular weight excluding hydrogens is 372 g/mol. The van der Waals surface area contributed by atoms with Gasteiger partial charge in [0.05, 0.1) is 0 Å². The fourth-order valence-corrected chi connectivity index (χ4v) is 5.33. The summed E-state index contributed by atoms with van der Waals surface area (Å²) in [6.45, 7) is 6.12. The number of hydrogen-bond acceptors (Lipinski definition) is 0. The van der Waals surface area contributed by atoms with Crippen LogP contribution in [0.1, 0.15) is 80.0 Å². The van der Waals surface area contributed by atoms with E-state index in [2.05, 4.69) is 80.2 Å². The van der Waals surface area contributed by atoms with Gasteiger partial charge >= 0.3 is 0 Å². The highest BCUT2D eigenvalue weighted by Crippen LogP contribution is 2.37. The molecule has 0 amide bonds. The van der Waals surface area contributed by atoms with E-state index in [1.807, 2.05) is 0 Å². The van der Waals surface area contributed by atoms with E-state index in [-0.39, 0.29) is 0 Å². The van der Waals surface area contributed by atoms with Crippen LogP contribution in [0.4, 0.5) is 0 Å². The molecule has 3 aromatic carbocycles. The van der Waals surface area contributed by atoms with E-state index in [9.17, 15) is 0 Å². The minimum Gasteiger partial charge on any atom is -0.103 e. The zero-order valence-corrected chi connectivity index (χ0v) is 19.3. The quantitative estimate of drug-likeness (QED) is 0.309. The van der Waals surface area contributed by atoms with Crippen LogP contribution in [0.2, 0.25) is 0 Å². The molecule has 0 unspecified atom stereocenters. The third-order valence-electron chi connectivity index (χ3n) is 7.29. The first kappa shape index (κ1) is 21.9. The lowest BCUT2D eigenvalue weighted by molar-refractivity contribution is 0.312. The lowest BCUT2D eigenvalue weighted by atomic mass is 9.77. The van der Waals surface area contributed by atoms with E-state index < -0.39 is 0 Å². The van der Waals surface area contributed by atoms with Crippen molar-refractivity contribution in [1.82, 2.24) is 0 Å². The standard InChI is InChI=1S/C31H38/c1-3-5-7-24-10-16-28(17-11-24)29-18-12-25(13-19-29)8-9-27-15-21-30-22-26(6-4-2)14-20-31(30)23-27/h3,12-15,18-24,28H,1,4-11,16-17H2,2H3. The molecule has 0 radical (unpaired) electrons. The minimum absolute atomic E-state index is 0.770. The first-order chi connectivity index (χ1) is 15.2. The summed E-state index contributed by atoms with van der Waals surface area (Å²) in [4.78, 5) is 0. The van der Waals surface area contributed by atoms with Crippen LogP contribution >= 0.6 is 0 Å². The third-order valence-corrected chi connectivity index (χ3v) is 7.29. The SMILES string of the molecule is C=CCCC1CCC(c2ccc(CCc3ccc4cc(CCC)ccc4c3)cc2)CC1. The van der Waals surface area contributed by atoms with E-state index in [0.717, 1.165) is 24.7 Å². The van der Waals surface area contributed by atoms with Crippen molar-refractivity contribution in [2.45, 2.75) is 77.0 Å². The lowest BCUT2D eigenvalue weighted by Crippen LogP contribution is -2.13. The zero-order chi connectivity index (χ0) is 21.5. The summed E-state index contributed by atoms with van der Waals surface area (Å²) in [7, 11) is 0. The lowest BCUT2D eigenvalue weighted by Gasteiger charge is -2.28. The van der Waals surface area contributed by atoms with Crippen molar-refractivity contribution in [2.24, 2.45) is 5.92 Å². The van der Waals surface area contributed by atoms with Crippen molar-refractivity contribution in [3.63, 3.8) is 0 Å². The molecule has 0 aliphatic heterocycles. The molecule has 0 spiro atoms. The second-order valence-electron chi connectivity index (χ2n) is 9.59. The summed E-state index contributed by atoms with van der Waals surface area (Å²) in [5.74, 6) is 1.70. The van der Waals surface area contributed by atoms with Crippen LogP contribution in [0.15, 0.2) is 73.3 Å². The first-order valence-corrected chi connectivity index (χ1v) is 12.5. The monoisotopic (exact) mass is 410 g/mol. The Bertz CT molecular complexity index is 971. The van der Waals surface area contributed by atoms with Gasteiger partial charge in [-0.2, -0.15) is 0 Å². The molecule has 0 saturated heterocycles. The number of fused-ring (bicyclic) bond motifs is 1. The van der Waals surface area contributed by atoms with Crippen LogP contribution in [0.25, 0.3) is 10.8 Å². The number of allylic oxidation sites excluding steroid dienone is 1. The van der Waals surface area contributed by atoms with E-state index in [4.69, 9.17) is 0 Å². The molecule has 1 aliphatic carbocycles. The van der Waals surface area contributed by atoms with Crippen molar-refractivity contribution in [2.75, 3.05) is 0 Å². The molecule has 0 nitrogen and oxygen atoms in total. The molecule has 4 rings (SSSR count). The Hall–Kier alpha value is -2.34. The van der Waals surface area contributed by atoms with Crippen molar-refractivity contribution >= 4 is 10.8 Å². The maximum absolute atomic E-state index is 3.87. The predicted octanol–water partition coefficient (Wildman–Crippen LogP) is 8.82. The molecule has 31 heavy (non-hydrogen) atoms. The van der Waals surface area contributed by atoms with Crippen molar-refractivity contribution in [3.05, 3.63) is 95.6 Å². The van der Waals surface area contributed by atoms with Gasteiger partial charge in [0.1, 0.15) is 0 Å². The van der Waals surface area contributed by atoms with Gasteiger partial charge in [-0.25, -0.2) is 0 Å². The van der Waals surface area contributed by atoms with Gasteiger partial charge in [-0.1, -0.05) is 80.1 Å². The topological polar surface area (TPSA) is 0 Å². The molecule has 1 fully saturated rings. The summed E-state index contributed by atoms with van der Waals surface area (Å²) in [6.07, 6.45) is 14.7. The smallest absolute Gasteiger partial charge is 0.0162 e. The Kier molecular flexibility index (Phi) is 7.62. The second kappa shape index (κ2) is 10.8. The fraction of sp³-hybridized carbons (Fsp3) is 0.419. The van der Waals surface area contributed by atoms with Gasteiger partial charge in [0.2, 0.25) is 0 Å². The molecule has 162 valence electrons. The molecule has 1 aliphatic rings. The second-order valence-corrected chi connectivity index (χ2v) is 9.59. The maximum Gasteiger partial charge on any atom is -0.0162 e. The summed E-state index contributed by atoms with van der Waals surface area (Å²) in [5, 5.41) is 2.75. The summed E-state index contributed by atoms with van der Waals surface area (Å²) in [5.41, 5.74) is 5.91. The molecule has 0 N–H and O–H groups in total. The predicted molar refractivity (Wildman–Crippen MR) is 136 cm³/mol.